The van der Waals surface area contributed by atoms with Crippen molar-refractivity contribution in [2.45, 2.75) is 0 Å². The third kappa shape index (κ3) is 2.34. The van der Waals surface area contributed by atoms with Gasteiger partial charge in [0, 0.05) is 5.39 Å². The van der Waals surface area contributed by atoms with Gasteiger partial charge in [-0.2, -0.15) is 5.10 Å². The van der Waals surface area contributed by atoms with Crippen LogP contribution in [0.15, 0.2) is 57.0 Å². The standard InChI is InChI=1S/C15H11N3O3/c16-15(20)18-17-7-10-8-21-14-11-4-2-1-3-9(11)5-6-12(14)13(10)19/h1-8H,(H3,16,18,20). The van der Waals surface area contributed by atoms with Gasteiger partial charge in [0.1, 0.15) is 11.8 Å². The summed E-state index contributed by atoms with van der Waals surface area (Å²) in [5.41, 5.74) is 7.44. The van der Waals surface area contributed by atoms with E-state index in [1.807, 2.05) is 35.8 Å². The summed E-state index contributed by atoms with van der Waals surface area (Å²) in [5.74, 6) is 0. The van der Waals surface area contributed by atoms with Crippen LogP contribution in [0.25, 0.3) is 21.7 Å². The van der Waals surface area contributed by atoms with Crippen molar-refractivity contribution < 1.29 is 9.21 Å². The number of urea groups is 1. The topological polar surface area (TPSA) is 97.7 Å². The Hall–Kier alpha value is -3.15. The second kappa shape index (κ2) is 5.09. The molecule has 6 heteroatoms. The summed E-state index contributed by atoms with van der Waals surface area (Å²) in [6, 6.07) is 10.4. The van der Waals surface area contributed by atoms with Crippen molar-refractivity contribution in [3.63, 3.8) is 0 Å². The van der Waals surface area contributed by atoms with Crippen molar-refractivity contribution in [1.29, 1.82) is 0 Å². The molecule has 0 radical (unpaired) electrons. The zero-order valence-corrected chi connectivity index (χ0v) is 10.9. The summed E-state index contributed by atoms with van der Waals surface area (Å²) in [6.45, 7) is 0. The molecule has 1 heterocycles. The lowest BCUT2D eigenvalue weighted by Crippen LogP contribution is -2.24. The number of benzene rings is 2. The first-order chi connectivity index (χ1) is 10.2. The Morgan fingerprint density at radius 1 is 1.19 bits per heavy atom. The molecular formula is C15H11N3O3. The quantitative estimate of drug-likeness (QED) is 0.426. The molecule has 0 aliphatic rings. The summed E-state index contributed by atoms with van der Waals surface area (Å²) < 4.78 is 5.56. The third-order valence-electron chi connectivity index (χ3n) is 3.07. The van der Waals surface area contributed by atoms with Crippen LogP contribution in [-0.2, 0) is 0 Å². The van der Waals surface area contributed by atoms with Crippen molar-refractivity contribution in [3.05, 3.63) is 58.4 Å². The smallest absolute Gasteiger partial charge is 0.332 e. The zero-order chi connectivity index (χ0) is 14.8. The highest BCUT2D eigenvalue weighted by atomic mass is 16.3. The van der Waals surface area contributed by atoms with Gasteiger partial charge in [0.2, 0.25) is 5.43 Å². The predicted molar refractivity (Wildman–Crippen MR) is 80.3 cm³/mol. The second-order valence-electron chi connectivity index (χ2n) is 4.42. The number of carbonyl (C=O) groups excluding carboxylic acids is 1. The van der Waals surface area contributed by atoms with Crippen LogP contribution in [0.1, 0.15) is 5.56 Å². The van der Waals surface area contributed by atoms with Gasteiger partial charge in [0.15, 0.2) is 0 Å². The molecule has 2 aromatic carbocycles. The predicted octanol–water partition coefficient (Wildman–Crippen LogP) is 1.95. The van der Waals surface area contributed by atoms with Gasteiger partial charge in [0.05, 0.1) is 17.2 Å². The fourth-order valence-electron chi connectivity index (χ4n) is 2.13. The molecule has 1 aromatic heterocycles. The normalized spacial score (nSPS) is 11.2. The number of rotatable bonds is 2. The third-order valence-corrected chi connectivity index (χ3v) is 3.07. The minimum absolute atomic E-state index is 0.225. The van der Waals surface area contributed by atoms with Crippen molar-refractivity contribution in [2.75, 3.05) is 0 Å². The van der Waals surface area contributed by atoms with Crippen molar-refractivity contribution >= 4 is 34.0 Å². The highest BCUT2D eigenvalue weighted by Crippen LogP contribution is 2.23. The van der Waals surface area contributed by atoms with E-state index in [0.29, 0.717) is 11.0 Å². The molecule has 0 aliphatic carbocycles. The van der Waals surface area contributed by atoms with E-state index in [2.05, 4.69) is 5.10 Å². The maximum absolute atomic E-state index is 12.4. The van der Waals surface area contributed by atoms with E-state index in [1.165, 1.54) is 12.5 Å². The molecule has 0 saturated heterocycles. The molecule has 3 rings (SSSR count). The Balaban J connectivity index is 2.18. The molecule has 0 aliphatic heterocycles. The van der Waals surface area contributed by atoms with Crippen LogP contribution in [0.2, 0.25) is 0 Å². The molecule has 0 atom stereocenters. The highest BCUT2D eigenvalue weighted by molar-refractivity contribution is 6.04. The highest BCUT2D eigenvalue weighted by Gasteiger charge is 2.08. The maximum atomic E-state index is 12.4. The SMILES string of the molecule is NC(=O)NN=Cc1coc2c(ccc3ccccc32)c1=O. The van der Waals surface area contributed by atoms with Gasteiger partial charge in [-0.1, -0.05) is 30.3 Å². The second-order valence-corrected chi connectivity index (χ2v) is 4.42. The van der Waals surface area contributed by atoms with E-state index in [0.717, 1.165) is 10.8 Å². The monoisotopic (exact) mass is 281 g/mol. The van der Waals surface area contributed by atoms with Crippen LogP contribution >= 0.6 is 0 Å². The fourth-order valence-corrected chi connectivity index (χ4v) is 2.13. The van der Waals surface area contributed by atoms with E-state index in [9.17, 15) is 9.59 Å². The Bertz CT molecular complexity index is 928. The Labute approximate surface area is 118 Å². The van der Waals surface area contributed by atoms with Crippen LogP contribution in [0.3, 0.4) is 0 Å². The average Bonchev–Trinajstić information content (AvgIpc) is 2.49. The summed E-state index contributed by atoms with van der Waals surface area (Å²) in [6.07, 6.45) is 2.51. The van der Waals surface area contributed by atoms with Gasteiger partial charge in [0.25, 0.3) is 0 Å². The van der Waals surface area contributed by atoms with Crippen LogP contribution in [0.5, 0.6) is 0 Å². The Kier molecular flexibility index (Phi) is 3.12. The van der Waals surface area contributed by atoms with Gasteiger partial charge >= 0.3 is 6.03 Å². The van der Waals surface area contributed by atoms with E-state index in [4.69, 9.17) is 10.2 Å². The number of hydrogen-bond acceptors (Lipinski definition) is 4. The Morgan fingerprint density at radius 2 is 2.00 bits per heavy atom. The van der Waals surface area contributed by atoms with E-state index in [-0.39, 0.29) is 11.0 Å². The number of fused-ring (bicyclic) bond motifs is 3. The molecule has 3 aromatic rings. The zero-order valence-electron chi connectivity index (χ0n) is 10.9. The van der Waals surface area contributed by atoms with Gasteiger partial charge in [-0.05, 0) is 11.5 Å². The first kappa shape index (κ1) is 12.9. The Morgan fingerprint density at radius 3 is 2.81 bits per heavy atom. The molecule has 104 valence electrons. The largest absolute Gasteiger partial charge is 0.463 e. The number of primary amides is 1. The number of amides is 2. The maximum Gasteiger partial charge on any atom is 0.332 e. The van der Waals surface area contributed by atoms with Crippen molar-refractivity contribution in [3.8, 4) is 0 Å². The van der Waals surface area contributed by atoms with E-state index < -0.39 is 6.03 Å². The first-order valence-electron chi connectivity index (χ1n) is 6.18. The molecule has 6 nitrogen and oxygen atoms in total. The summed E-state index contributed by atoms with van der Waals surface area (Å²) >= 11 is 0. The molecule has 21 heavy (non-hydrogen) atoms. The fraction of sp³-hybridized carbons (Fsp3) is 0. The number of nitrogens with zero attached hydrogens (tertiary/aromatic N) is 1. The van der Waals surface area contributed by atoms with Crippen LogP contribution in [-0.4, -0.2) is 12.2 Å². The number of carbonyl (C=O) groups is 1. The number of nitrogens with two attached hydrogens (primary N) is 1. The number of hydrogen-bond donors (Lipinski definition) is 2. The molecule has 0 unspecified atom stereocenters. The summed E-state index contributed by atoms with van der Waals surface area (Å²) in [7, 11) is 0. The molecular weight excluding hydrogens is 270 g/mol. The molecule has 2 amide bonds. The van der Waals surface area contributed by atoms with Crippen LogP contribution in [0.4, 0.5) is 4.79 Å². The summed E-state index contributed by atoms with van der Waals surface area (Å²) in [4.78, 5) is 22.9. The van der Waals surface area contributed by atoms with Crippen LogP contribution < -0.4 is 16.6 Å². The molecule has 0 saturated carbocycles. The molecule has 3 N–H and O–H groups in total. The number of nitrogens with one attached hydrogen (secondary N) is 1. The summed E-state index contributed by atoms with van der Waals surface area (Å²) in [5, 5.41) is 5.87. The lowest BCUT2D eigenvalue weighted by molar-refractivity contribution is 0.249. The van der Waals surface area contributed by atoms with Gasteiger partial charge in [-0.3, -0.25) is 4.79 Å². The average molecular weight is 281 g/mol. The van der Waals surface area contributed by atoms with E-state index in [1.54, 1.807) is 6.07 Å². The van der Waals surface area contributed by atoms with Crippen molar-refractivity contribution in [1.82, 2.24) is 5.43 Å². The first-order valence-corrected chi connectivity index (χ1v) is 6.18. The van der Waals surface area contributed by atoms with Gasteiger partial charge < -0.3 is 10.2 Å². The van der Waals surface area contributed by atoms with Crippen LogP contribution in [0, 0.1) is 0 Å². The van der Waals surface area contributed by atoms with Crippen molar-refractivity contribution in [2.24, 2.45) is 10.8 Å². The minimum Gasteiger partial charge on any atom is -0.463 e. The molecule has 0 spiro atoms. The lowest BCUT2D eigenvalue weighted by Gasteiger charge is -2.02. The minimum atomic E-state index is -0.803. The van der Waals surface area contributed by atoms with Gasteiger partial charge in [-0.15, -0.1) is 0 Å². The molecule has 0 fully saturated rings. The van der Waals surface area contributed by atoms with E-state index >= 15 is 0 Å². The number of hydrazone groups is 1. The molecule has 0 bridgehead atoms. The lowest BCUT2D eigenvalue weighted by atomic mass is 10.1. The van der Waals surface area contributed by atoms with Gasteiger partial charge in [-0.25, -0.2) is 10.2 Å².